The largest absolute Gasteiger partial charge is 0.349 e. The maximum atomic E-state index is 11.7. The van der Waals surface area contributed by atoms with E-state index in [0.717, 1.165) is 0 Å². The SMILES string of the molecule is O=C(NCCF)c1ccccc1. The van der Waals surface area contributed by atoms with Crippen molar-refractivity contribution in [1.29, 1.82) is 0 Å². The van der Waals surface area contributed by atoms with Gasteiger partial charge in [-0.05, 0) is 12.1 Å². The number of rotatable bonds is 3. The molecule has 0 aliphatic rings. The number of carbonyl (C=O) groups excluding carboxylic acids is 1. The summed E-state index contributed by atoms with van der Waals surface area (Å²) < 4.78 is 11.7. The van der Waals surface area contributed by atoms with E-state index in [1.807, 2.05) is 6.07 Å². The van der Waals surface area contributed by atoms with E-state index in [-0.39, 0.29) is 12.5 Å². The Morgan fingerprint density at radius 3 is 2.58 bits per heavy atom. The van der Waals surface area contributed by atoms with Crippen LogP contribution in [-0.2, 0) is 0 Å². The number of alkyl halides is 1. The molecular weight excluding hydrogens is 157 g/mol. The Hall–Kier alpha value is -1.38. The van der Waals surface area contributed by atoms with Gasteiger partial charge in [0.2, 0.25) is 0 Å². The fourth-order valence-electron chi connectivity index (χ4n) is 0.852. The summed E-state index contributed by atoms with van der Waals surface area (Å²) in [4.78, 5) is 11.1. The second kappa shape index (κ2) is 4.49. The second-order valence-electron chi connectivity index (χ2n) is 2.31. The first-order valence-electron chi connectivity index (χ1n) is 3.74. The Kier molecular flexibility index (Phi) is 3.26. The van der Waals surface area contributed by atoms with Gasteiger partial charge in [0.05, 0.1) is 0 Å². The zero-order valence-corrected chi connectivity index (χ0v) is 6.59. The van der Waals surface area contributed by atoms with Gasteiger partial charge in [-0.15, -0.1) is 0 Å². The monoisotopic (exact) mass is 167 g/mol. The molecule has 1 aromatic carbocycles. The lowest BCUT2D eigenvalue weighted by molar-refractivity contribution is 0.0951. The lowest BCUT2D eigenvalue weighted by Gasteiger charge is -2.00. The predicted octanol–water partition coefficient (Wildman–Crippen LogP) is 1.39. The molecule has 0 fully saturated rings. The quantitative estimate of drug-likeness (QED) is 0.724. The van der Waals surface area contributed by atoms with Crippen molar-refractivity contribution in [3.05, 3.63) is 35.9 Å². The molecule has 0 aliphatic heterocycles. The van der Waals surface area contributed by atoms with Crippen molar-refractivity contribution >= 4 is 5.91 Å². The minimum atomic E-state index is -0.529. The van der Waals surface area contributed by atoms with Gasteiger partial charge in [0.1, 0.15) is 6.67 Å². The molecule has 2 nitrogen and oxygen atoms in total. The number of halogens is 1. The van der Waals surface area contributed by atoms with Gasteiger partial charge in [-0.25, -0.2) is 4.39 Å². The van der Waals surface area contributed by atoms with Gasteiger partial charge in [-0.3, -0.25) is 4.79 Å². The molecule has 1 amide bonds. The van der Waals surface area contributed by atoms with E-state index in [1.165, 1.54) is 0 Å². The molecule has 3 heteroatoms. The minimum Gasteiger partial charge on any atom is -0.349 e. The summed E-state index contributed by atoms with van der Waals surface area (Å²) in [5.74, 6) is -0.228. The normalized spacial score (nSPS) is 9.42. The van der Waals surface area contributed by atoms with Gasteiger partial charge >= 0.3 is 0 Å². The molecule has 0 heterocycles. The smallest absolute Gasteiger partial charge is 0.251 e. The van der Waals surface area contributed by atoms with Crippen molar-refractivity contribution in [3.8, 4) is 0 Å². The van der Waals surface area contributed by atoms with Gasteiger partial charge in [0.15, 0.2) is 0 Å². The Labute approximate surface area is 70.4 Å². The van der Waals surface area contributed by atoms with Crippen LogP contribution in [0.2, 0.25) is 0 Å². The van der Waals surface area contributed by atoms with E-state index < -0.39 is 6.67 Å². The van der Waals surface area contributed by atoms with Gasteiger partial charge in [0, 0.05) is 12.1 Å². The number of benzene rings is 1. The number of hydrogen-bond acceptors (Lipinski definition) is 1. The zero-order valence-electron chi connectivity index (χ0n) is 6.59. The standard InChI is InChI=1S/C9H10FNO/c10-6-7-11-9(12)8-4-2-1-3-5-8/h1-5H,6-7H2,(H,11,12). The summed E-state index contributed by atoms with van der Waals surface area (Å²) in [6.07, 6.45) is 0. The Bertz CT molecular complexity index is 248. The summed E-state index contributed by atoms with van der Waals surface area (Å²) in [7, 11) is 0. The highest BCUT2D eigenvalue weighted by molar-refractivity contribution is 5.94. The molecule has 64 valence electrons. The average molecular weight is 167 g/mol. The van der Waals surface area contributed by atoms with Crippen molar-refractivity contribution in [2.45, 2.75) is 0 Å². The molecule has 0 radical (unpaired) electrons. The molecule has 0 aromatic heterocycles. The van der Waals surface area contributed by atoms with E-state index >= 15 is 0 Å². The number of carbonyl (C=O) groups is 1. The summed E-state index contributed by atoms with van der Waals surface area (Å²) in [5.41, 5.74) is 0.561. The second-order valence-corrected chi connectivity index (χ2v) is 2.31. The highest BCUT2D eigenvalue weighted by Crippen LogP contribution is 1.96. The third kappa shape index (κ3) is 2.34. The maximum absolute atomic E-state index is 11.7. The lowest BCUT2D eigenvalue weighted by Crippen LogP contribution is -2.25. The molecular formula is C9H10FNO. The van der Waals surface area contributed by atoms with E-state index in [4.69, 9.17) is 0 Å². The molecule has 1 aromatic rings. The van der Waals surface area contributed by atoms with Crippen LogP contribution in [0.15, 0.2) is 30.3 Å². The first kappa shape index (κ1) is 8.71. The molecule has 0 atom stereocenters. The molecule has 0 spiro atoms. The van der Waals surface area contributed by atoms with Crippen LogP contribution in [0, 0.1) is 0 Å². The molecule has 0 unspecified atom stereocenters. The Morgan fingerprint density at radius 2 is 2.00 bits per heavy atom. The van der Waals surface area contributed by atoms with E-state index in [9.17, 15) is 9.18 Å². The summed E-state index contributed by atoms with van der Waals surface area (Å²) >= 11 is 0. The van der Waals surface area contributed by atoms with Crippen LogP contribution < -0.4 is 5.32 Å². The van der Waals surface area contributed by atoms with Crippen molar-refractivity contribution in [2.75, 3.05) is 13.2 Å². The van der Waals surface area contributed by atoms with Gasteiger partial charge in [-0.2, -0.15) is 0 Å². The predicted molar refractivity (Wildman–Crippen MR) is 44.8 cm³/mol. The third-order valence-electron chi connectivity index (χ3n) is 1.42. The fraction of sp³-hybridized carbons (Fsp3) is 0.222. The van der Waals surface area contributed by atoms with E-state index in [1.54, 1.807) is 24.3 Å². The van der Waals surface area contributed by atoms with Crippen LogP contribution in [0.4, 0.5) is 4.39 Å². The van der Waals surface area contributed by atoms with E-state index in [2.05, 4.69) is 5.32 Å². The summed E-state index contributed by atoms with van der Waals surface area (Å²) in [6.45, 7) is -0.452. The molecule has 12 heavy (non-hydrogen) atoms. The number of amides is 1. The molecule has 0 aliphatic carbocycles. The van der Waals surface area contributed by atoms with Crippen molar-refractivity contribution in [1.82, 2.24) is 5.32 Å². The molecule has 0 bridgehead atoms. The van der Waals surface area contributed by atoms with Gasteiger partial charge < -0.3 is 5.32 Å². The van der Waals surface area contributed by atoms with Crippen LogP contribution in [0.25, 0.3) is 0 Å². The molecule has 0 saturated carbocycles. The number of nitrogens with one attached hydrogen (secondary N) is 1. The van der Waals surface area contributed by atoms with Gasteiger partial charge in [0.25, 0.3) is 5.91 Å². The van der Waals surface area contributed by atoms with Crippen molar-refractivity contribution in [2.24, 2.45) is 0 Å². The highest BCUT2D eigenvalue weighted by Gasteiger charge is 2.01. The fourth-order valence-corrected chi connectivity index (χ4v) is 0.852. The summed E-state index contributed by atoms with van der Waals surface area (Å²) in [5, 5.41) is 2.43. The lowest BCUT2D eigenvalue weighted by atomic mass is 10.2. The minimum absolute atomic E-state index is 0.0771. The first-order chi connectivity index (χ1) is 5.84. The maximum Gasteiger partial charge on any atom is 0.251 e. The summed E-state index contributed by atoms with van der Waals surface area (Å²) in [6, 6.07) is 8.74. The topological polar surface area (TPSA) is 29.1 Å². The first-order valence-corrected chi connectivity index (χ1v) is 3.74. The zero-order chi connectivity index (χ0) is 8.81. The molecule has 1 N–H and O–H groups in total. The van der Waals surface area contributed by atoms with Crippen molar-refractivity contribution < 1.29 is 9.18 Å². The van der Waals surface area contributed by atoms with Crippen LogP contribution in [-0.4, -0.2) is 19.1 Å². The Balaban J connectivity index is 2.54. The number of hydrogen-bond donors (Lipinski definition) is 1. The average Bonchev–Trinajstić information content (AvgIpc) is 2.15. The van der Waals surface area contributed by atoms with Crippen LogP contribution in [0.5, 0.6) is 0 Å². The molecule has 1 rings (SSSR count). The highest BCUT2D eigenvalue weighted by atomic mass is 19.1. The molecule has 0 saturated heterocycles. The third-order valence-corrected chi connectivity index (χ3v) is 1.42. The van der Waals surface area contributed by atoms with Gasteiger partial charge in [-0.1, -0.05) is 18.2 Å². The van der Waals surface area contributed by atoms with Crippen molar-refractivity contribution in [3.63, 3.8) is 0 Å². The van der Waals surface area contributed by atoms with E-state index in [0.29, 0.717) is 5.56 Å². The Morgan fingerprint density at radius 1 is 1.33 bits per heavy atom. The van der Waals surface area contributed by atoms with Crippen LogP contribution in [0.1, 0.15) is 10.4 Å². The van der Waals surface area contributed by atoms with Crippen LogP contribution in [0.3, 0.4) is 0 Å². The van der Waals surface area contributed by atoms with Crippen LogP contribution >= 0.6 is 0 Å².